The van der Waals surface area contributed by atoms with Crippen LogP contribution < -0.4 is 0 Å². The van der Waals surface area contributed by atoms with Crippen LogP contribution in [0.15, 0.2) is 48.5 Å². The largest absolute Gasteiger partial charge is 0.302 e. The van der Waals surface area contributed by atoms with Crippen LogP contribution in [0.1, 0.15) is 17.7 Å². The van der Waals surface area contributed by atoms with Gasteiger partial charge in [0.05, 0.1) is 10.6 Å². The molecule has 0 radical (unpaired) electrons. The fourth-order valence-corrected chi connectivity index (χ4v) is 3.05. The summed E-state index contributed by atoms with van der Waals surface area (Å²) >= 11 is 0. The topological polar surface area (TPSA) is 75.1 Å². The van der Waals surface area contributed by atoms with E-state index in [4.69, 9.17) is 0 Å². The van der Waals surface area contributed by atoms with Crippen LogP contribution in [-0.4, -0.2) is 33.6 Å². The van der Waals surface area contributed by atoms with Crippen molar-refractivity contribution in [3.63, 3.8) is 0 Å². The Morgan fingerprint density at radius 2 is 1.93 bits per heavy atom. The zero-order chi connectivity index (χ0) is 20.1. The summed E-state index contributed by atoms with van der Waals surface area (Å²) in [5.41, 5.74) is 2.57. The van der Waals surface area contributed by atoms with Gasteiger partial charge in [-0.25, -0.2) is 8.78 Å². The van der Waals surface area contributed by atoms with Crippen molar-refractivity contribution in [1.82, 2.24) is 15.1 Å². The third-order valence-corrected chi connectivity index (χ3v) is 4.42. The van der Waals surface area contributed by atoms with Gasteiger partial charge in [-0.05, 0) is 56.8 Å². The number of nitro benzene ring substituents is 1. The Morgan fingerprint density at radius 1 is 1.14 bits per heavy atom. The van der Waals surface area contributed by atoms with Gasteiger partial charge in [-0.1, -0.05) is 12.1 Å². The summed E-state index contributed by atoms with van der Waals surface area (Å²) in [4.78, 5) is 12.5. The molecule has 3 aromatic rings. The van der Waals surface area contributed by atoms with Gasteiger partial charge in [0.15, 0.2) is 0 Å². The molecule has 6 nitrogen and oxygen atoms in total. The first-order valence-corrected chi connectivity index (χ1v) is 8.84. The maximum absolute atomic E-state index is 13.4. The second-order valence-electron chi connectivity index (χ2n) is 6.66. The fraction of sp³-hybridized carbons (Fsp3) is 0.250. The summed E-state index contributed by atoms with van der Waals surface area (Å²) in [5, 5.41) is 18.2. The Kier molecular flexibility index (Phi) is 6.10. The van der Waals surface area contributed by atoms with E-state index in [1.54, 1.807) is 12.1 Å². The highest BCUT2D eigenvalue weighted by molar-refractivity contribution is 5.59. The van der Waals surface area contributed by atoms with Crippen molar-refractivity contribution < 1.29 is 13.7 Å². The number of H-pyrrole nitrogens is 1. The molecule has 8 heteroatoms. The third kappa shape index (κ3) is 4.98. The van der Waals surface area contributed by atoms with Gasteiger partial charge in [-0.3, -0.25) is 15.2 Å². The molecule has 0 saturated heterocycles. The van der Waals surface area contributed by atoms with Crippen molar-refractivity contribution in [2.24, 2.45) is 0 Å². The minimum atomic E-state index is -0.499. The standard InChI is InChI=1S/C20H20F2N4O2/c1-25(13-15-11-17(22)7-8-20(15)26(27)28)9-3-6-18-12-19(24-23-18)14-4-2-5-16(21)10-14/h2,4-5,7-8,10-12H,3,6,9,13H2,1H3,(H,23,24). The Hall–Kier alpha value is -3.13. The van der Waals surface area contributed by atoms with Gasteiger partial charge in [0.25, 0.3) is 5.69 Å². The van der Waals surface area contributed by atoms with Gasteiger partial charge in [0.1, 0.15) is 11.6 Å². The van der Waals surface area contributed by atoms with E-state index in [1.807, 2.05) is 18.0 Å². The molecule has 0 bridgehead atoms. The highest BCUT2D eigenvalue weighted by atomic mass is 19.1. The second kappa shape index (κ2) is 8.71. The van der Waals surface area contributed by atoms with Crippen LogP contribution in [0.2, 0.25) is 0 Å². The Morgan fingerprint density at radius 3 is 2.68 bits per heavy atom. The van der Waals surface area contributed by atoms with Gasteiger partial charge in [-0.2, -0.15) is 5.10 Å². The monoisotopic (exact) mass is 386 g/mol. The van der Waals surface area contributed by atoms with E-state index in [9.17, 15) is 18.9 Å². The van der Waals surface area contributed by atoms with Crippen molar-refractivity contribution in [3.05, 3.63) is 81.5 Å². The molecule has 0 aliphatic rings. The molecular formula is C20H20F2N4O2. The van der Waals surface area contributed by atoms with Crippen molar-refractivity contribution in [3.8, 4) is 11.3 Å². The molecule has 0 spiro atoms. The number of benzene rings is 2. The number of hydrogen-bond acceptors (Lipinski definition) is 4. The molecule has 0 aliphatic carbocycles. The zero-order valence-electron chi connectivity index (χ0n) is 15.4. The lowest BCUT2D eigenvalue weighted by atomic mass is 10.1. The van der Waals surface area contributed by atoms with Gasteiger partial charge < -0.3 is 4.90 Å². The first-order valence-electron chi connectivity index (χ1n) is 8.84. The number of nitrogens with one attached hydrogen (secondary N) is 1. The Bertz CT molecular complexity index is 974. The van der Waals surface area contributed by atoms with E-state index in [0.29, 0.717) is 23.4 Å². The predicted octanol–water partition coefficient (Wildman–Crippen LogP) is 4.33. The van der Waals surface area contributed by atoms with Crippen LogP contribution in [0, 0.1) is 21.7 Å². The number of nitro groups is 1. The number of aromatic amines is 1. The minimum absolute atomic E-state index is 0.0819. The van der Waals surface area contributed by atoms with Crippen molar-refractivity contribution in [2.45, 2.75) is 19.4 Å². The summed E-state index contributed by atoms with van der Waals surface area (Å²) in [6.45, 7) is 0.952. The number of hydrogen-bond donors (Lipinski definition) is 1. The van der Waals surface area contributed by atoms with Crippen molar-refractivity contribution >= 4 is 5.69 Å². The summed E-state index contributed by atoms with van der Waals surface area (Å²) in [6, 6.07) is 11.6. The molecule has 1 heterocycles. The molecule has 0 saturated carbocycles. The smallest absolute Gasteiger partial charge is 0.274 e. The molecule has 0 aliphatic heterocycles. The molecule has 28 heavy (non-hydrogen) atoms. The molecule has 146 valence electrons. The van der Waals surface area contributed by atoms with Crippen LogP contribution in [0.25, 0.3) is 11.3 Å². The van der Waals surface area contributed by atoms with Crippen molar-refractivity contribution in [1.29, 1.82) is 0 Å². The Labute approximate surface area is 161 Å². The zero-order valence-corrected chi connectivity index (χ0v) is 15.4. The van der Waals surface area contributed by atoms with Gasteiger partial charge in [0.2, 0.25) is 0 Å². The second-order valence-corrected chi connectivity index (χ2v) is 6.66. The maximum atomic E-state index is 13.4. The number of halogens is 2. The molecule has 2 aromatic carbocycles. The van der Waals surface area contributed by atoms with Gasteiger partial charge >= 0.3 is 0 Å². The van der Waals surface area contributed by atoms with Gasteiger partial charge in [0, 0.05) is 29.4 Å². The molecule has 0 unspecified atom stereocenters. The van der Waals surface area contributed by atoms with Crippen LogP contribution in [0.5, 0.6) is 0 Å². The van der Waals surface area contributed by atoms with Crippen LogP contribution in [0.3, 0.4) is 0 Å². The van der Waals surface area contributed by atoms with E-state index < -0.39 is 10.7 Å². The summed E-state index contributed by atoms with van der Waals surface area (Å²) in [6.07, 6.45) is 1.50. The highest BCUT2D eigenvalue weighted by Crippen LogP contribution is 2.22. The molecular weight excluding hydrogens is 366 g/mol. The molecule has 0 atom stereocenters. The molecule has 0 fully saturated rings. The first-order chi connectivity index (χ1) is 13.4. The van der Waals surface area contributed by atoms with E-state index in [0.717, 1.165) is 24.6 Å². The van der Waals surface area contributed by atoms with Gasteiger partial charge in [-0.15, -0.1) is 0 Å². The summed E-state index contributed by atoms with van der Waals surface area (Å²) < 4.78 is 26.8. The third-order valence-electron chi connectivity index (χ3n) is 4.42. The first kappa shape index (κ1) is 19.6. The van der Waals surface area contributed by atoms with E-state index >= 15 is 0 Å². The highest BCUT2D eigenvalue weighted by Gasteiger charge is 2.16. The molecule has 1 N–H and O–H groups in total. The molecule has 0 amide bonds. The lowest BCUT2D eigenvalue weighted by Gasteiger charge is -2.16. The van der Waals surface area contributed by atoms with Crippen molar-refractivity contribution in [2.75, 3.05) is 13.6 Å². The minimum Gasteiger partial charge on any atom is -0.302 e. The average Bonchev–Trinajstić information content (AvgIpc) is 3.10. The number of nitrogens with zero attached hydrogens (tertiary/aromatic N) is 3. The maximum Gasteiger partial charge on any atom is 0.274 e. The summed E-state index contributed by atoms with van der Waals surface area (Å²) in [5.74, 6) is -0.800. The summed E-state index contributed by atoms with van der Waals surface area (Å²) in [7, 11) is 1.83. The van der Waals surface area contributed by atoms with E-state index in [-0.39, 0.29) is 18.0 Å². The average molecular weight is 386 g/mol. The number of rotatable bonds is 8. The van der Waals surface area contributed by atoms with E-state index in [1.165, 1.54) is 24.3 Å². The van der Waals surface area contributed by atoms with Crippen LogP contribution in [0.4, 0.5) is 14.5 Å². The SMILES string of the molecule is CN(CCCc1cc(-c2cccc(F)c2)n[nH]1)Cc1cc(F)ccc1[N+](=O)[O-]. The lowest BCUT2D eigenvalue weighted by molar-refractivity contribution is -0.385. The number of aromatic nitrogens is 2. The Balaban J connectivity index is 1.54. The molecule has 1 aromatic heterocycles. The van der Waals surface area contributed by atoms with Crippen LogP contribution >= 0.6 is 0 Å². The quantitative estimate of drug-likeness (QED) is 0.462. The number of aryl methyl sites for hydroxylation is 1. The fourth-order valence-electron chi connectivity index (χ4n) is 3.05. The lowest BCUT2D eigenvalue weighted by Crippen LogP contribution is -2.20. The van der Waals surface area contributed by atoms with Crippen LogP contribution in [-0.2, 0) is 13.0 Å². The predicted molar refractivity (Wildman–Crippen MR) is 102 cm³/mol. The molecule has 3 rings (SSSR count). The van der Waals surface area contributed by atoms with E-state index in [2.05, 4.69) is 10.2 Å². The normalized spacial score (nSPS) is 11.1.